The van der Waals surface area contributed by atoms with Crippen LogP contribution in [0.1, 0.15) is 38.4 Å². The van der Waals surface area contributed by atoms with Crippen LogP contribution >= 0.6 is 0 Å². The van der Waals surface area contributed by atoms with Crippen molar-refractivity contribution in [2.75, 3.05) is 10.8 Å². The second kappa shape index (κ2) is 9.54. The third-order valence-electron chi connectivity index (χ3n) is 5.37. The number of aryl methyl sites for hydroxylation is 4. The number of carbonyl (C=O) groups is 1. The van der Waals surface area contributed by atoms with E-state index in [0.29, 0.717) is 17.2 Å². The first-order valence-electron chi connectivity index (χ1n) is 10.3. The summed E-state index contributed by atoms with van der Waals surface area (Å²) < 4.78 is 39.5. The number of rotatable bonds is 9. The zero-order chi connectivity index (χ0) is 24.3. The second-order valence-electron chi connectivity index (χ2n) is 7.83. The fourth-order valence-corrected chi connectivity index (χ4v) is 4.73. The monoisotopic (exact) mass is 469 g/mol. The van der Waals surface area contributed by atoms with Gasteiger partial charge in [-0.3, -0.25) is 4.31 Å². The van der Waals surface area contributed by atoms with Crippen LogP contribution in [0.25, 0.3) is 0 Å². The van der Waals surface area contributed by atoms with Crippen LogP contribution in [0.4, 0.5) is 5.69 Å². The highest BCUT2D eigenvalue weighted by atomic mass is 32.2. The first kappa shape index (κ1) is 24.1. The number of furan rings is 1. The van der Waals surface area contributed by atoms with E-state index in [4.69, 9.17) is 9.15 Å². The molecule has 0 aliphatic rings. The van der Waals surface area contributed by atoms with Crippen LogP contribution in [0.2, 0.25) is 0 Å². The van der Waals surface area contributed by atoms with Crippen LogP contribution in [0, 0.1) is 27.7 Å². The molecule has 3 aromatic rings. The molecule has 1 N–H and O–H groups in total. The molecule has 0 radical (unpaired) electrons. The van der Waals surface area contributed by atoms with Gasteiger partial charge in [0.1, 0.15) is 18.1 Å². The maximum absolute atomic E-state index is 13.4. The maximum atomic E-state index is 13.4. The number of sulfonamides is 1. The summed E-state index contributed by atoms with van der Waals surface area (Å²) in [6.45, 7) is 11.2. The van der Waals surface area contributed by atoms with Crippen LogP contribution in [-0.2, 0) is 16.6 Å². The largest absolute Gasteiger partial charge is 0.487 e. The maximum Gasteiger partial charge on any atom is 0.335 e. The van der Waals surface area contributed by atoms with Gasteiger partial charge in [0.05, 0.1) is 17.8 Å². The summed E-state index contributed by atoms with van der Waals surface area (Å²) in [6.07, 6.45) is 1.50. The van der Waals surface area contributed by atoms with E-state index in [1.54, 1.807) is 44.2 Å². The van der Waals surface area contributed by atoms with Crippen molar-refractivity contribution in [1.82, 2.24) is 0 Å². The molecule has 0 amide bonds. The molecule has 0 bridgehead atoms. The molecule has 2 aromatic carbocycles. The van der Waals surface area contributed by atoms with E-state index in [1.807, 2.05) is 13.8 Å². The number of carboxylic acids is 1. The van der Waals surface area contributed by atoms with Gasteiger partial charge in [-0.15, -0.1) is 6.58 Å². The van der Waals surface area contributed by atoms with E-state index < -0.39 is 16.0 Å². The summed E-state index contributed by atoms with van der Waals surface area (Å²) in [5.41, 5.74) is 3.97. The number of benzene rings is 2. The molecule has 0 aliphatic heterocycles. The number of hydrogen-bond donors (Lipinski definition) is 1. The van der Waals surface area contributed by atoms with E-state index in [2.05, 4.69) is 6.58 Å². The summed E-state index contributed by atoms with van der Waals surface area (Å²) in [7, 11) is -4.00. The Morgan fingerprint density at radius 1 is 1.06 bits per heavy atom. The van der Waals surface area contributed by atoms with E-state index in [0.717, 1.165) is 22.3 Å². The molecular formula is C25H27NO6S. The Hall–Kier alpha value is -3.52. The number of hydrogen-bond acceptors (Lipinski definition) is 5. The standard InChI is InChI=1S/C25H27NO6S/c1-6-11-26(33(29,30)24-10-7-19(5)32-24)22-13-16(2)17(3)14-23(22)31-15-21-9-8-20(25(27)28)12-18(21)4/h6-10,12-14H,1,11,15H2,2-5H3,(H,27,28). The van der Waals surface area contributed by atoms with Gasteiger partial charge in [-0.2, -0.15) is 8.42 Å². The summed E-state index contributed by atoms with van der Waals surface area (Å²) in [6, 6.07) is 11.4. The smallest absolute Gasteiger partial charge is 0.335 e. The van der Waals surface area contributed by atoms with Crippen LogP contribution in [0.15, 0.2) is 64.6 Å². The normalized spacial score (nSPS) is 11.3. The zero-order valence-corrected chi connectivity index (χ0v) is 19.9. The van der Waals surface area contributed by atoms with E-state index in [-0.39, 0.29) is 23.8 Å². The van der Waals surface area contributed by atoms with Gasteiger partial charge in [0.15, 0.2) is 0 Å². The fraction of sp³-hybridized carbons (Fsp3) is 0.240. The van der Waals surface area contributed by atoms with Gasteiger partial charge in [-0.1, -0.05) is 12.1 Å². The van der Waals surface area contributed by atoms with Crippen LogP contribution in [0.3, 0.4) is 0 Å². The average Bonchev–Trinajstić information content (AvgIpc) is 3.20. The molecule has 8 heteroatoms. The SMILES string of the molecule is C=CCN(c1cc(C)c(C)cc1OCc1ccc(C(=O)O)cc1C)S(=O)(=O)c1ccc(C)o1. The Labute approximate surface area is 194 Å². The van der Waals surface area contributed by atoms with E-state index >= 15 is 0 Å². The molecule has 0 saturated heterocycles. The van der Waals surface area contributed by atoms with Crippen molar-refractivity contribution in [3.05, 3.63) is 88.7 Å². The Morgan fingerprint density at radius 3 is 2.33 bits per heavy atom. The van der Waals surface area contributed by atoms with Gasteiger partial charge in [-0.25, -0.2) is 4.79 Å². The molecule has 0 atom stereocenters. The molecule has 0 spiro atoms. The molecule has 0 fully saturated rings. The molecule has 0 saturated carbocycles. The van der Waals surface area contributed by atoms with E-state index in [1.165, 1.54) is 22.5 Å². The van der Waals surface area contributed by atoms with Crippen molar-refractivity contribution < 1.29 is 27.5 Å². The van der Waals surface area contributed by atoms with Crippen molar-refractivity contribution in [2.24, 2.45) is 0 Å². The molecule has 1 aromatic heterocycles. The van der Waals surface area contributed by atoms with Crippen LogP contribution in [-0.4, -0.2) is 26.0 Å². The van der Waals surface area contributed by atoms with E-state index in [9.17, 15) is 18.3 Å². The van der Waals surface area contributed by atoms with Crippen molar-refractivity contribution in [2.45, 2.75) is 39.4 Å². The lowest BCUT2D eigenvalue weighted by Crippen LogP contribution is -2.31. The highest BCUT2D eigenvalue weighted by Gasteiger charge is 2.30. The summed E-state index contributed by atoms with van der Waals surface area (Å²) >= 11 is 0. The van der Waals surface area contributed by atoms with Crippen molar-refractivity contribution in [3.8, 4) is 5.75 Å². The summed E-state index contributed by atoms with van der Waals surface area (Å²) in [5, 5.41) is 9.01. The minimum Gasteiger partial charge on any atom is -0.487 e. The predicted octanol–water partition coefficient (Wildman–Crippen LogP) is 5.17. The topological polar surface area (TPSA) is 97.0 Å². The highest BCUT2D eigenvalue weighted by Crippen LogP contribution is 2.36. The Kier molecular flexibility index (Phi) is 6.98. The Morgan fingerprint density at radius 2 is 1.76 bits per heavy atom. The molecule has 0 unspecified atom stereocenters. The van der Waals surface area contributed by atoms with Gasteiger partial charge in [0.2, 0.25) is 5.09 Å². The van der Waals surface area contributed by atoms with Gasteiger partial charge < -0.3 is 14.3 Å². The van der Waals surface area contributed by atoms with Gasteiger partial charge in [-0.05, 0) is 86.3 Å². The third-order valence-corrected chi connectivity index (χ3v) is 7.03. The van der Waals surface area contributed by atoms with Crippen molar-refractivity contribution in [1.29, 1.82) is 0 Å². The van der Waals surface area contributed by atoms with Crippen molar-refractivity contribution in [3.63, 3.8) is 0 Å². The zero-order valence-electron chi connectivity index (χ0n) is 19.1. The molecule has 3 rings (SSSR count). The van der Waals surface area contributed by atoms with Gasteiger partial charge in [0, 0.05) is 0 Å². The highest BCUT2D eigenvalue weighted by molar-refractivity contribution is 7.92. The quantitative estimate of drug-likeness (QED) is 0.434. The van der Waals surface area contributed by atoms with Gasteiger partial charge in [0.25, 0.3) is 10.0 Å². The first-order valence-corrected chi connectivity index (χ1v) is 11.8. The Balaban J connectivity index is 2.02. The minimum atomic E-state index is -4.00. The molecule has 174 valence electrons. The third kappa shape index (κ3) is 5.12. The summed E-state index contributed by atoms with van der Waals surface area (Å²) in [4.78, 5) is 11.2. The Bertz CT molecular complexity index is 1310. The number of aromatic carboxylic acids is 1. The lowest BCUT2D eigenvalue weighted by atomic mass is 10.1. The summed E-state index contributed by atoms with van der Waals surface area (Å²) in [5.74, 6) is -0.127. The number of ether oxygens (including phenoxy) is 1. The van der Waals surface area contributed by atoms with Gasteiger partial charge >= 0.3 is 5.97 Å². The molecular weight excluding hydrogens is 442 g/mol. The first-order chi connectivity index (χ1) is 15.5. The number of nitrogens with zero attached hydrogens (tertiary/aromatic N) is 1. The number of carboxylic acid groups (broad SMARTS) is 1. The fourth-order valence-electron chi connectivity index (χ4n) is 3.33. The van der Waals surface area contributed by atoms with Crippen molar-refractivity contribution >= 4 is 21.7 Å². The van der Waals surface area contributed by atoms with Crippen LogP contribution in [0.5, 0.6) is 5.75 Å². The second-order valence-corrected chi connectivity index (χ2v) is 9.62. The lowest BCUT2D eigenvalue weighted by Gasteiger charge is -2.25. The lowest BCUT2D eigenvalue weighted by molar-refractivity contribution is 0.0696. The molecule has 33 heavy (non-hydrogen) atoms. The molecule has 0 aliphatic carbocycles. The molecule has 1 heterocycles. The minimum absolute atomic E-state index is 0.0211. The van der Waals surface area contributed by atoms with Crippen LogP contribution < -0.4 is 9.04 Å². The average molecular weight is 470 g/mol. The predicted molar refractivity (Wildman–Crippen MR) is 127 cm³/mol. The molecule has 7 nitrogen and oxygen atoms in total. The number of anilines is 1.